The van der Waals surface area contributed by atoms with Crippen molar-refractivity contribution in [1.29, 1.82) is 0 Å². The third-order valence-corrected chi connectivity index (χ3v) is 4.12. The first-order valence-electron chi connectivity index (χ1n) is 4.76. The molecular weight excluding hydrogens is 214 g/mol. The van der Waals surface area contributed by atoms with Gasteiger partial charge in [0.25, 0.3) is 0 Å². The first kappa shape index (κ1) is 11.8. The number of anilines is 1. The quantitative estimate of drug-likeness (QED) is 0.829. The number of phenolic OH excluding ortho intramolecular Hbond substituents is 1. The highest BCUT2D eigenvalue weighted by Gasteiger charge is 2.18. The van der Waals surface area contributed by atoms with Gasteiger partial charge in [0, 0.05) is 6.07 Å². The van der Waals surface area contributed by atoms with Crippen LogP contribution < -0.4 is 4.72 Å². The van der Waals surface area contributed by atoms with Crippen LogP contribution in [-0.4, -0.2) is 18.8 Å². The Morgan fingerprint density at radius 2 is 2.13 bits per heavy atom. The Balaban J connectivity index is 2.87. The molecular formula is C10H15NO3S. The van der Waals surface area contributed by atoms with Crippen molar-refractivity contribution in [3.8, 4) is 5.75 Å². The summed E-state index contributed by atoms with van der Waals surface area (Å²) in [5.74, 6) is 0.0411. The van der Waals surface area contributed by atoms with Crippen molar-refractivity contribution in [2.45, 2.75) is 25.5 Å². The summed E-state index contributed by atoms with van der Waals surface area (Å²) in [5, 5.41) is 8.73. The highest BCUT2D eigenvalue weighted by molar-refractivity contribution is 7.93. The summed E-state index contributed by atoms with van der Waals surface area (Å²) >= 11 is 0. The molecule has 0 bridgehead atoms. The van der Waals surface area contributed by atoms with Gasteiger partial charge in [-0.1, -0.05) is 13.0 Å². The number of hydrogen-bond donors (Lipinski definition) is 2. The van der Waals surface area contributed by atoms with Gasteiger partial charge in [-0.2, -0.15) is 0 Å². The van der Waals surface area contributed by atoms with Gasteiger partial charge in [-0.05, 0) is 25.5 Å². The molecule has 1 atom stereocenters. The number of aromatic hydroxyl groups is 1. The fraction of sp³-hybridized carbons (Fsp3) is 0.400. The second kappa shape index (κ2) is 4.53. The van der Waals surface area contributed by atoms with E-state index in [1.165, 1.54) is 12.1 Å². The Morgan fingerprint density at radius 1 is 1.47 bits per heavy atom. The Hall–Kier alpha value is -1.23. The van der Waals surface area contributed by atoms with Gasteiger partial charge in [0.05, 0.1) is 10.9 Å². The summed E-state index contributed by atoms with van der Waals surface area (Å²) in [6.45, 7) is 3.46. The van der Waals surface area contributed by atoms with Crippen molar-refractivity contribution in [3.05, 3.63) is 24.3 Å². The van der Waals surface area contributed by atoms with Crippen LogP contribution in [0.1, 0.15) is 20.3 Å². The van der Waals surface area contributed by atoms with E-state index < -0.39 is 15.3 Å². The van der Waals surface area contributed by atoms with Crippen molar-refractivity contribution in [2.24, 2.45) is 0 Å². The average molecular weight is 229 g/mol. The standard InChI is InChI=1S/C10H15NO3S/c1-3-8(2)15(13,14)11-9-5-4-6-10(12)7-9/h4-8,11-12H,3H2,1-2H3. The molecule has 1 aromatic rings. The van der Waals surface area contributed by atoms with E-state index in [2.05, 4.69) is 4.72 Å². The smallest absolute Gasteiger partial charge is 0.235 e. The molecule has 2 N–H and O–H groups in total. The van der Waals surface area contributed by atoms with Gasteiger partial charge in [-0.25, -0.2) is 8.42 Å². The molecule has 0 saturated carbocycles. The van der Waals surface area contributed by atoms with E-state index in [1.54, 1.807) is 19.1 Å². The van der Waals surface area contributed by atoms with Crippen molar-refractivity contribution in [3.63, 3.8) is 0 Å². The molecule has 0 spiro atoms. The molecule has 0 radical (unpaired) electrons. The van der Waals surface area contributed by atoms with E-state index in [0.717, 1.165) is 0 Å². The molecule has 0 aliphatic carbocycles. The van der Waals surface area contributed by atoms with Crippen LogP contribution in [0.2, 0.25) is 0 Å². The summed E-state index contributed by atoms with van der Waals surface area (Å²) in [6.07, 6.45) is 0.550. The fourth-order valence-corrected chi connectivity index (χ4v) is 2.15. The maximum absolute atomic E-state index is 11.6. The van der Waals surface area contributed by atoms with Gasteiger partial charge in [-0.3, -0.25) is 4.72 Å². The van der Waals surface area contributed by atoms with Gasteiger partial charge in [0.15, 0.2) is 0 Å². The lowest BCUT2D eigenvalue weighted by Gasteiger charge is -2.12. The molecule has 4 nitrogen and oxygen atoms in total. The van der Waals surface area contributed by atoms with E-state index in [4.69, 9.17) is 0 Å². The normalized spacial score (nSPS) is 13.5. The largest absolute Gasteiger partial charge is 0.508 e. The van der Waals surface area contributed by atoms with Crippen LogP contribution in [0.5, 0.6) is 5.75 Å². The molecule has 1 rings (SSSR count). The zero-order valence-corrected chi connectivity index (χ0v) is 9.58. The molecule has 0 aliphatic rings. The summed E-state index contributed by atoms with van der Waals surface area (Å²) in [6, 6.07) is 6.05. The lowest BCUT2D eigenvalue weighted by molar-refractivity contribution is 0.475. The number of hydrogen-bond acceptors (Lipinski definition) is 3. The molecule has 1 unspecified atom stereocenters. The van der Waals surface area contributed by atoms with E-state index >= 15 is 0 Å². The van der Waals surface area contributed by atoms with E-state index in [0.29, 0.717) is 12.1 Å². The zero-order valence-electron chi connectivity index (χ0n) is 8.77. The highest BCUT2D eigenvalue weighted by Crippen LogP contribution is 2.18. The average Bonchev–Trinajstić information content (AvgIpc) is 2.15. The number of benzene rings is 1. The van der Waals surface area contributed by atoms with Gasteiger partial charge < -0.3 is 5.11 Å². The van der Waals surface area contributed by atoms with Crippen molar-refractivity contribution >= 4 is 15.7 Å². The number of nitrogens with one attached hydrogen (secondary N) is 1. The summed E-state index contributed by atoms with van der Waals surface area (Å²) in [5.41, 5.74) is 0.385. The minimum Gasteiger partial charge on any atom is -0.508 e. The third-order valence-electron chi connectivity index (χ3n) is 2.21. The zero-order chi connectivity index (χ0) is 11.5. The molecule has 0 heterocycles. The molecule has 84 valence electrons. The first-order valence-corrected chi connectivity index (χ1v) is 6.31. The maximum atomic E-state index is 11.6. The van der Waals surface area contributed by atoms with E-state index in [9.17, 15) is 13.5 Å². The first-order chi connectivity index (χ1) is 6.95. The van der Waals surface area contributed by atoms with Crippen LogP contribution in [0.15, 0.2) is 24.3 Å². The fourth-order valence-electron chi connectivity index (χ4n) is 1.05. The highest BCUT2D eigenvalue weighted by atomic mass is 32.2. The third kappa shape index (κ3) is 3.13. The van der Waals surface area contributed by atoms with Gasteiger partial charge in [0.2, 0.25) is 10.0 Å². The van der Waals surface area contributed by atoms with Crippen molar-refractivity contribution in [2.75, 3.05) is 4.72 Å². The molecule has 0 aliphatic heterocycles. The maximum Gasteiger partial charge on any atom is 0.235 e. The summed E-state index contributed by atoms with van der Waals surface area (Å²) < 4.78 is 25.7. The van der Waals surface area contributed by atoms with E-state index in [1.807, 2.05) is 6.92 Å². The van der Waals surface area contributed by atoms with E-state index in [-0.39, 0.29) is 5.75 Å². The lowest BCUT2D eigenvalue weighted by Crippen LogP contribution is -2.24. The number of phenols is 1. The van der Waals surface area contributed by atoms with Crippen LogP contribution in [0, 0.1) is 0 Å². The van der Waals surface area contributed by atoms with Crippen LogP contribution in [0.3, 0.4) is 0 Å². The molecule has 15 heavy (non-hydrogen) atoms. The summed E-state index contributed by atoms with van der Waals surface area (Å²) in [4.78, 5) is 0. The Kier molecular flexibility index (Phi) is 3.57. The predicted octanol–water partition coefficient (Wildman–Crippen LogP) is 1.93. The van der Waals surface area contributed by atoms with Crippen molar-refractivity contribution < 1.29 is 13.5 Å². The second-order valence-corrected chi connectivity index (χ2v) is 5.52. The SMILES string of the molecule is CCC(C)S(=O)(=O)Nc1cccc(O)c1. The van der Waals surface area contributed by atoms with Crippen LogP contribution in [-0.2, 0) is 10.0 Å². The van der Waals surface area contributed by atoms with Gasteiger partial charge >= 0.3 is 0 Å². The molecule has 5 heteroatoms. The lowest BCUT2D eigenvalue weighted by atomic mass is 10.3. The van der Waals surface area contributed by atoms with Gasteiger partial charge in [-0.15, -0.1) is 0 Å². The summed E-state index contributed by atoms with van der Waals surface area (Å²) in [7, 11) is -3.34. The molecule has 1 aromatic carbocycles. The molecule has 0 saturated heterocycles. The Bertz CT molecular complexity index is 428. The minimum atomic E-state index is -3.34. The second-order valence-electron chi connectivity index (χ2n) is 3.42. The van der Waals surface area contributed by atoms with Crippen LogP contribution in [0.4, 0.5) is 5.69 Å². The Morgan fingerprint density at radius 3 is 2.67 bits per heavy atom. The predicted molar refractivity (Wildman–Crippen MR) is 60.4 cm³/mol. The number of rotatable bonds is 4. The van der Waals surface area contributed by atoms with Crippen LogP contribution >= 0.6 is 0 Å². The molecule has 0 amide bonds. The monoisotopic (exact) mass is 229 g/mol. The Labute approximate surface area is 90.0 Å². The van der Waals surface area contributed by atoms with Gasteiger partial charge in [0.1, 0.15) is 5.75 Å². The minimum absolute atomic E-state index is 0.0411. The van der Waals surface area contributed by atoms with Crippen molar-refractivity contribution in [1.82, 2.24) is 0 Å². The molecule has 0 fully saturated rings. The topological polar surface area (TPSA) is 66.4 Å². The molecule has 0 aromatic heterocycles. The number of sulfonamides is 1. The van der Waals surface area contributed by atoms with Crippen LogP contribution in [0.25, 0.3) is 0 Å².